The molecule has 0 N–H and O–H groups in total. The van der Waals surface area contributed by atoms with Crippen molar-refractivity contribution in [2.45, 2.75) is 19.4 Å². The number of nitrogens with zero attached hydrogens (tertiary/aromatic N) is 3. The quantitative estimate of drug-likeness (QED) is 0.765. The summed E-state index contributed by atoms with van der Waals surface area (Å²) in [6.45, 7) is 6.45. The Morgan fingerprint density at radius 3 is 2.50 bits per heavy atom. The van der Waals surface area contributed by atoms with Gasteiger partial charge in [-0.25, -0.2) is 0 Å². The Kier molecular flexibility index (Phi) is 6.18. The van der Waals surface area contributed by atoms with Crippen molar-refractivity contribution in [3.63, 3.8) is 0 Å². The molecule has 28 heavy (non-hydrogen) atoms. The zero-order valence-electron chi connectivity index (χ0n) is 16.3. The van der Waals surface area contributed by atoms with Crippen molar-refractivity contribution in [2.24, 2.45) is 5.92 Å². The largest absolute Gasteiger partial charge is 0.368 e. The average Bonchev–Trinajstić information content (AvgIpc) is 3.15. The van der Waals surface area contributed by atoms with Crippen molar-refractivity contribution in [3.8, 4) is 0 Å². The van der Waals surface area contributed by atoms with Gasteiger partial charge in [-0.1, -0.05) is 48.0 Å². The van der Waals surface area contributed by atoms with Crippen LogP contribution in [0.2, 0.25) is 5.02 Å². The van der Waals surface area contributed by atoms with Gasteiger partial charge in [0.2, 0.25) is 5.91 Å². The van der Waals surface area contributed by atoms with Crippen molar-refractivity contribution >= 4 is 23.2 Å². The lowest BCUT2D eigenvalue weighted by molar-refractivity contribution is -0.132. The number of amides is 1. The molecule has 0 radical (unpaired) electrons. The SMILES string of the molecule is O=C(C[C@@H]1CCN(Cc2ccccc2)C1)N1CCN(c2cccc(Cl)c2)CC1. The molecule has 1 atom stereocenters. The highest BCUT2D eigenvalue weighted by molar-refractivity contribution is 6.30. The van der Waals surface area contributed by atoms with E-state index >= 15 is 0 Å². The first-order valence-corrected chi connectivity index (χ1v) is 10.6. The van der Waals surface area contributed by atoms with E-state index < -0.39 is 0 Å². The van der Waals surface area contributed by atoms with Crippen LogP contribution in [0.1, 0.15) is 18.4 Å². The number of hydrogen-bond acceptors (Lipinski definition) is 3. The molecule has 0 aromatic heterocycles. The molecular weight excluding hydrogens is 370 g/mol. The van der Waals surface area contributed by atoms with Crippen LogP contribution in [0.15, 0.2) is 54.6 Å². The summed E-state index contributed by atoms with van der Waals surface area (Å²) in [6.07, 6.45) is 1.81. The molecule has 0 aliphatic carbocycles. The highest BCUT2D eigenvalue weighted by Crippen LogP contribution is 2.24. The molecular formula is C23H28ClN3O. The van der Waals surface area contributed by atoms with Gasteiger partial charge < -0.3 is 9.80 Å². The minimum atomic E-state index is 0.317. The van der Waals surface area contributed by atoms with Gasteiger partial charge in [0.1, 0.15) is 0 Å². The molecule has 0 bridgehead atoms. The zero-order valence-corrected chi connectivity index (χ0v) is 17.0. The topological polar surface area (TPSA) is 26.8 Å². The molecule has 4 rings (SSSR count). The summed E-state index contributed by atoms with van der Waals surface area (Å²) in [5.74, 6) is 0.805. The third-order valence-corrected chi connectivity index (χ3v) is 6.12. The van der Waals surface area contributed by atoms with Crippen LogP contribution in [-0.4, -0.2) is 55.0 Å². The zero-order chi connectivity index (χ0) is 19.3. The maximum Gasteiger partial charge on any atom is 0.223 e. The van der Waals surface area contributed by atoms with Gasteiger partial charge in [0.15, 0.2) is 0 Å². The number of halogens is 1. The average molecular weight is 398 g/mol. The molecule has 2 aliphatic rings. The smallest absolute Gasteiger partial charge is 0.223 e. The molecule has 0 unspecified atom stereocenters. The molecule has 148 valence electrons. The lowest BCUT2D eigenvalue weighted by Gasteiger charge is -2.36. The molecule has 2 heterocycles. The van der Waals surface area contributed by atoms with Crippen LogP contribution in [0.3, 0.4) is 0 Å². The number of carbonyl (C=O) groups excluding carboxylic acids is 1. The Balaban J connectivity index is 1.23. The summed E-state index contributed by atoms with van der Waals surface area (Å²) in [6, 6.07) is 18.6. The van der Waals surface area contributed by atoms with E-state index in [1.165, 1.54) is 5.56 Å². The summed E-state index contributed by atoms with van der Waals surface area (Å²) in [4.78, 5) is 19.6. The first-order valence-electron chi connectivity index (χ1n) is 10.2. The van der Waals surface area contributed by atoms with Gasteiger partial charge in [0, 0.05) is 56.4 Å². The van der Waals surface area contributed by atoms with Gasteiger partial charge in [-0.05, 0) is 42.6 Å². The molecule has 2 saturated heterocycles. The van der Waals surface area contributed by atoms with Crippen LogP contribution in [0.4, 0.5) is 5.69 Å². The predicted octanol–water partition coefficient (Wildman–Crippen LogP) is 3.90. The normalized spacial score (nSPS) is 20.5. The second-order valence-electron chi connectivity index (χ2n) is 7.93. The number of benzene rings is 2. The molecule has 2 aliphatic heterocycles. The molecule has 1 amide bonds. The summed E-state index contributed by atoms with van der Waals surface area (Å²) in [5.41, 5.74) is 2.50. The summed E-state index contributed by atoms with van der Waals surface area (Å²) in [5, 5.41) is 0.761. The monoisotopic (exact) mass is 397 g/mol. The number of rotatable bonds is 5. The maximum absolute atomic E-state index is 12.8. The van der Waals surface area contributed by atoms with Gasteiger partial charge in [-0.15, -0.1) is 0 Å². The van der Waals surface area contributed by atoms with E-state index in [9.17, 15) is 4.79 Å². The van der Waals surface area contributed by atoms with Crippen LogP contribution in [0.5, 0.6) is 0 Å². The number of piperazine rings is 1. The highest BCUT2D eigenvalue weighted by atomic mass is 35.5. The Bertz CT molecular complexity index is 789. The molecule has 5 heteroatoms. The van der Waals surface area contributed by atoms with Crippen LogP contribution in [0.25, 0.3) is 0 Å². The minimum Gasteiger partial charge on any atom is -0.368 e. The molecule has 2 aromatic rings. The van der Waals surface area contributed by atoms with Gasteiger partial charge in [0.05, 0.1) is 0 Å². The van der Waals surface area contributed by atoms with Crippen LogP contribution in [-0.2, 0) is 11.3 Å². The first-order chi connectivity index (χ1) is 13.7. The third kappa shape index (κ3) is 4.86. The van der Waals surface area contributed by atoms with Gasteiger partial charge >= 0.3 is 0 Å². The fraction of sp³-hybridized carbons (Fsp3) is 0.435. The minimum absolute atomic E-state index is 0.317. The van der Waals surface area contributed by atoms with E-state index in [4.69, 9.17) is 11.6 Å². The Morgan fingerprint density at radius 1 is 0.964 bits per heavy atom. The number of anilines is 1. The standard InChI is InChI=1S/C23H28ClN3O/c24-21-7-4-8-22(16-21)26-11-13-27(14-12-26)23(28)15-20-9-10-25(18-20)17-19-5-2-1-3-6-19/h1-8,16,20H,9-15,17-18H2/t20-/m0/s1. The second-order valence-corrected chi connectivity index (χ2v) is 8.36. The van der Waals surface area contributed by atoms with Gasteiger partial charge in [-0.3, -0.25) is 9.69 Å². The second kappa shape index (κ2) is 8.97. The lowest BCUT2D eigenvalue weighted by Crippen LogP contribution is -2.49. The highest BCUT2D eigenvalue weighted by Gasteiger charge is 2.28. The molecule has 2 fully saturated rings. The molecule has 4 nitrogen and oxygen atoms in total. The number of likely N-dealkylation sites (tertiary alicyclic amines) is 1. The predicted molar refractivity (Wildman–Crippen MR) is 115 cm³/mol. The van der Waals surface area contributed by atoms with E-state index in [-0.39, 0.29) is 0 Å². The van der Waals surface area contributed by atoms with Crippen molar-refractivity contribution in [2.75, 3.05) is 44.2 Å². The van der Waals surface area contributed by atoms with Crippen LogP contribution >= 0.6 is 11.6 Å². The maximum atomic E-state index is 12.8. The van der Waals surface area contributed by atoms with E-state index in [1.807, 2.05) is 23.1 Å². The Morgan fingerprint density at radius 2 is 1.75 bits per heavy atom. The molecule has 0 saturated carbocycles. The van der Waals surface area contributed by atoms with E-state index in [2.05, 4.69) is 46.2 Å². The number of hydrogen-bond donors (Lipinski definition) is 0. The van der Waals surface area contributed by atoms with Crippen molar-refractivity contribution < 1.29 is 4.79 Å². The Hall–Kier alpha value is -2.04. The van der Waals surface area contributed by atoms with Crippen LogP contribution < -0.4 is 4.90 Å². The van der Waals surface area contributed by atoms with E-state index in [0.717, 1.165) is 62.9 Å². The van der Waals surface area contributed by atoms with Crippen molar-refractivity contribution in [1.82, 2.24) is 9.80 Å². The van der Waals surface area contributed by atoms with Crippen LogP contribution in [0, 0.1) is 5.92 Å². The lowest BCUT2D eigenvalue weighted by atomic mass is 10.0. The molecule has 0 spiro atoms. The van der Waals surface area contributed by atoms with Crippen molar-refractivity contribution in [1.29, 1.82) is 0 Å². The number of carbonyl (C=O) groups is 1. The Labute approximate surface area is 172 Å². The summed E-state index contributed by atoms with van der Waals surface area (Å²) < 4.78 is 0. The van der Waals surface area contributed by atoms with E-state index in [1.54, 1.807) is 0 Å². The fourth-order valence-electron chi connectivity index (χ4n) is 4.33. The van der Waals surface area contributed by atoms with Crippen molar-refractivity contribution in [3.05, 3.63) is 65.2 Å². The first kappa shape index (κ1) is 19.3. The summed E-state index contributed by atoms with van der Waals surface area (Å²) >= 11 is 6.11. The third-order valence-electron chi connectivity index (χ3n) is 5.89. The van der Waals surface area contributed by atoms with Gasteiger partial charge in [-0.2, -0.15) is 0 Å². The van der Waals surface area contributed by atoms with E-state index in [0.29, 0.717) is 18.2 Å². The fourth-order valence-corrected chi connectivity index (χ4v) is 4.51. The molecule has 2 aromatic carbocycles. The van der Waals surface area contributed by atoms with Gasteiger partial charge in [0.25, 0.3) is 0 Å². The summed E-state index contributed by atoms with van der Waals surface area (Å²) in [7, 11) is 0.